The molecule has 0 saturated carbocycles. The molecule has 14 heavy (non-hydrogen) atoms. The number of carbonyl (C=O) groups excluding carboxylic acids is 1. The fourth-order valence-electron chi connectivity index (χ4n) is 1.88. The van der Waals surface area contributed by atoms with E-state index in [9.17, 15) is 10.0 Å². The average molecular weight is 196 g/mol. The van der Waals surface area contributed by atoms with Crippen LogP contribution in [0.25, 0.3) is 0 Å². The molecule has 5 heteroatoms. The molecule has 2 rings (SSSR count). The standard InChI is InChI=1S/C9H12N2O3/c12-5-8(13)9-6-3-1-2-4-7(6)11(14)10-9/h12,14H,1-5H2. The van der Waals surface area contributed by atoms with Crippen LogP contribution in [0.4, 0.5) is 0 Å². The Kier molecular flexibility index (Phi) is 2.25. The van der Waals surface area contributed by atoms with Gasteiger partial charge in [-0.25, -0.2) is 0 Å². The Hall–Kier alpha value is -1.36. The van der Waals surface area contributed by atoms with Gasteiger partial charge >= 0.3 is 0 Å². The van der Waals surface area contributed by atoms with E-state index in [1.807, 2.05) is 0 Å². The minimum absolute atomic E-state index is 0.227. The molecule has 0 atom stereocenters. The Morgan fingerprint density at radius 2 is 2.14 bits per heavy atom. The number of nitrogens with zero attached hydrogens (tertiary/aromatic N) is 2. The second kappa shape index (κ2) is 3.42. The van der Waals surface area contributed by atoms with E-state index >= 15 is 0 Å². The lowest BCUT2D eigenvalue weighted by atomic mass is 9.95. The smallest absolute Gasteiger partial charge is 0.208 e. The highest BCUT2D eigenvalue weighted by Crippen LogP contribution is 2.23. The van der Waals surface area contributed by atoms with Gasteiger partial charge in [0.15, 0.2) is 0 Å². The van der Waals surface area contributed by atoms with Gasteiger partial charge in [0, 0.05) is 5.56 Å². The molecule has 0 fully saturated rings. The molecule has 0 aliphatic heterocycles. The van der Waals surface area contributed by atoms with Crippen LogP contribution in [0.15, 0.2) is 0 Å². The summed E-state index contributed by atoms with van der Waals surface area (Å²) in [6, 6.07) is 0. The minimum atomic E-state index is -0.552. The molecule has 2 N–H and O–H groups in total. The van der Waals surface area contributed by atoms with E-state index in [-0.39, 0.29) is 5.69 Å². The zero-order valence-electron chi connectivity index (χ0n) is 7.73. The summed E-state index contributed by atoms with van der Waals surface area (Å²) in [5.74, 6) is -0.420. The normalized spacial score (nSPS) is 15.2. The first-order valence-corrected chi connectivity index (χ1v) is 4.68. The highest BCUT2D eigenvalue weighted by Gasteiger charge is 2.24. The summed E-state index contributed by atoms with van der Waals surface area (Å²) in [7, 11) is 0. The Labute approximate surface area is 80.9 Å². The summed E-state index contributed by atoms with van der Waals surface area (Å²) < 4.78 is 0. The summed E-state index contributed by atoms with van der Waals surface area (Å²) in [5, 5.41) is 21.8. The second-order valence-corrected chi connectivity index (χ2v) is 3.45. The first-order chi connectivity index (χ1) is 6.74. The molecule has 0 bridgehead atoms. The molecule has 76 valence electrons. The van der Waals surface area contributed by atoms with E-state index in [1.165, 1.54) is 0 Å². The van der Waals surface area contributed by atoms with Gasteiger partial charge in [0.25, 0.3) is 0 Å². The van der Waals surface area contributed by atoms with Crippen molar-refractivity contribution in [1.82, 2.24) is 9.94 Å². The number of rotatable bonds is 2. The number of ketones is 1. The maximum absolute atomic E-state index is 11.3. The number of hydrogen-bond acceptors (Lipinski definition) is 4. The zero-order valence-corrected chi connectivity index (χ0v) is 7.73. The van der Waals surface area contributed by atoms with Gasteiger partial charge in [-0.1, -0.05) is 0 Å². The van der Waals surface area contributed by atoms with E-state index in [0.717, 1.165) is 36.1 Å². The topological polar surface area (TPSA) is 75.3 Å². The van der Waals surface area contributed by atoms with Gasteiger partial charge in [0.2, 0.25) is 5.78 Å². The van der Waals surface area contributed by atoms with Crippen molar-refractivity contribution in [2.45, 2.75) is 25.7 Å². The van der Waals surface area contributed by atoms with Gasteiger partial charge in [0.05, 0.1) is 5.69 Å². The van der Waals surface area contributed by atoms with Gasteiger partial charge in [-0.2, -0.15) is 0 Å². The van der Waals surface area contributed by atoms with Gasteiger partial charge in [-0.05, 0) is 25.7 Å². The molecule has 0 saturated heterocycles. The number of fused-ring (bicyclic) bond motifs is 1. The Morgan fingerprint density at radius 1 is 1.43 bits per heavy atom. The Morgan fingerprint density at radius 3 is 2.86 bits per heavy atom. The van der Waals surface area contributed by atoms with Crippen molar-refractivity contribution in [1.29, 1.82) is 0 Å². The predicted molar refractivity (Wildman–Crippen MR) is 47.5 cm³/mol. The average Bonchev–Trinajstić information content (AvgIpc) is 2.56. The molecule has 0 unspecified atom stereocenters. The van der Waals surface area contributed by atoms with E-state index < -0.39 is 12.4 Å². The molecule has 0 amide bonds. The summed E-state index contributed by atoms with van der Waals surface area (Å²) in [6.07, 6.45) is 3.52. The lowest BCUT2D eigenvalue weighted by molar-refractivity contribution is 0.0884. The third-order valence-corrected chi connectivity index (χ3v) is 2.57. The predicted octanol–water partition coefficient (Wildman–Crippen LogP) is 0.174. The van der Waals surface area contributed by atoms with Crippen LogP contribution in [0.5, 0.6) is 0 Å². The van der Waals surface area contributed by atoms with Crippen LogP contribution in [0, 0.1) is 0 Å². The maximum atomic E-state index is 11.3. The first-order valence-electron chi connectivity index (χ1n) is 4.68. The molecule has 0 spiro atoms. The maximum Gasteiger partial charge on any atom is 0.208 e. The minimum Gasteiger partial charge on any atom is -0.411 e. The highest BCUT2D eigenvalue weighted by molar-refractivity contribution is 5.96. The van der Waals surface area contributed by atoms with Crippen LogP contribution in [0.3, 0.4) is 0 Å². The third kappa shape index (κ3) is 1.29. The SMILES string of the molecule is O=C(CO)c1nn(O)c2c1CCCC2. The van der Waals surface area contributed by atoms with Crippen LogP contribution in [-0.2, 0) is 12.8 Å². The van der Waals surface area contributed by atoms with Crippen LogP contribution in [-0.4, -0.2) is 32.6 Å². The van der Waals surface area contributed by atoms with E-state index in [1.54, 1.807) is 0 Å². The molecule has 1 aromatic heterocycles. The summed E-state index contributed by atoms with van der Waals surface area (Å²) in [5.41, 5.74) is 1.75. The summed E-state index contributed by atoms with van der Waals surface area (Å²) in [6.45, 7) is -0.552. The van der Waals surface area contributed by atoms with Gasteiger partial charge < -0.3 is 10.3 Å². The van der Waals surface area contributed by atoms with Crippen LogP contribution < -0.4 is 0 Å². The fraction of sp³-hybridized carbons (Fsp3) is 0.556. The van der Waals surface area contributed by atoms with Crippen molar-refractivity contribution in [2.24, 2.45) is 0 Å². The van der Waals surface area contributed by atoms with Crippen molar-refractivity contribution in [2.75, 3.05) is 6.61 Å². The van der Waals surface area contributed by atoms with E-state index in [4.69, 9.17) is 5.11 Å². The van der Waals surface area contributed by atoms with Crippen LogP contribution in [0.1, 0.15) is 34.6 Å². The quantitative estimate of drug-likeness (QED) is 0.522. The lowest BCUT2D eigenvalue weighted by Gasteiger charge is -2.10. The molecule has 1 aromatic rings. The zero-order chi connectivity index (χ0) is 10.1. The van der Waals surface area contributed by atoms with E-state index in [0.29, 0.717) is 5.69 Å². The van der Waals surface area contributed by atoms with E-state index in [2.05, 4.69) is 5.10 Å². The second-order valence-electron chi connectivity index (χ2n) is 3.45. The molecule has 5 nitrogen and oxygen atoms in total. The molecular formula is C9H12N2O3. The van der Waals surface area contributed by atoms with Crippen molar-refractivity contribution in [3.05, 3.63) is 17.0 Å². The summed E-state index contributed by atoms with van der Waals surface area (Å²) >= 11 is 0. The molecule has 1 heterocycles. The fourth-order valence-corrected chi connectivity index (χ4v) is 1.88. The number of aliphatic hydroxyl groups excluding tert-OH is 1. The van der Waals surface area contributed by atoms with Crippen molar-refractivity contribution >= 4 is 5.78 Å². The molecule has 1 aliphatic carbocycles. The number of aromatic nitrogens is 2. The van der Waals surface area contributed by atoms with Gasteiger partial charge in [-0.3, -0.25) is 4.79 Å². The van der Waals surface area contributed by atoms with Crippen LogP contribution in [0.2, 0.25) is 0 Å². The largest absolute Gasteiger partial charge is 0.411 e. The number of carbonyl (C=O) groups is 1. The number of aliphatic hydroxyl groups is 1. The number of hydrogen-bond donors (Lipinski definition) is 2. The Balaban J connectivity index is 2.46. The number of Topliss-reactive ketones (excluding diaryl/α,β-unsaturated/α-hetero) is 1. The Bertz CT molecular complexity index is 370. The molecular weight excluding hydrogens is 184 g/mol. The third-order valence-electron chi connectivity index (χ3n) is 2.57. The lowest BCUT2D eigenvalue weighted by Crippen LogP contribution is -2.10. The highest BCUT2D eigenvalue weighted by atomic mass is 16.5. The monoisotopic (exact) mass is 196 g/mol. The van der Waals surface area contributed by atoms with Crippen LogP contribution >= 0.6 is 0 Å². The molecule has 0 radical (unpaired) electrons. The first kappa shape index (κ1) is 9.21. The van der Waals surface area contributed by atoms with Gasteiger partial charge in [-0.15, -0.1) is 9.94 Å². The van der Waals surface area contributed by atoms with Crippen molar-refractivity contribution in [3.63, 3.8) is 0 Å². The molecule has 1 aliphatic rings. The molecule has 0 aromatic carbocycles. The van der Waals surface area contributed by atoms with Crippen molar-refractivity contribution in [3.8, 4) is 0 Å². The van der Waals surface area contributed by atoms with Gasteiger partial charge in [0.1, 0.15) is 12.3 Å². The van der Waals surface area contributed by atoms with Crippen molar-refractivity contribution < 1.29 is 15.1 Å². The summed E-state index contributed by atoms with van der Waals surface area (Å²) in [4.78, 5) is 12.0.